The Morgan fingerprint density at radius 2 is 1.79 bits per heavy atom. The minimum absolute atomic E-state index is 0.00143. The summed E-state index contributed by atoms with van der Waals surface area (Å²) in [6.45, 7) is 3.92. The van der Waals surface area contributed by atoms with Gasteiger partial charge in [-0.05, 0) is 74.7 Å². The number of piperidine rings is 2. The van der Waals surface area contributed by atoms with Gasteiger partial charge in [-0.3, -0.25) is 9.59 Å². The number of nitrogens with one attached hydrogen (secondary N) is 1. The third kappa shape index (κ3) is 4.77. The third-order valence-electron chi connectivity index (χ3n) is 6.77. The number of halogens is 1. The van der Waals surface area contributed by atoms with Crippen LogP contribution in [0.1, 0.15) is 48.0 Å². The van der Waals surface area contributed by atoms with Crippen molar-refractivity contribution in [2.75, 3.05) is 31.5 Å². The van der Waals surface area contributed by atoms with E-state index in [4.69, 9.17) is 16.3 Å². The molecule has 0 unspecified atom stereocenters. The van der Waals surface area contributed by atoms with Crippen LogP contribution in [0.4, 0.5) is 5.69 Å². The van der Waals surface area contributed by atoms with Gasteiger partial charge in [-0.2, -0.15) is 0 Å². The molecule has 2 aromatic carbocycles. The van der Waals surface area contributed by atoms with Crippen LogP contribution in [0.3, 0.4) is 0 Å². The molecule has 0 aromatic heterocycles. The number of rotatable bonds is 3. The SMILES string of the molecule is O=C1Nc2cc(C(=O)N3CCC(N4CCCCC4)CC3)ccc2O/C1=C/c1ccccc1Cl. The number of hydrogen-bond acceptors (Lipinski definition) is 4. The largest absolute Gasteiger partial charge is 0.449 e. The van der Waals surface area contributed by atoms with E-state index in [0.29, 0.717) is 33.6 Å². The predicted molar refractivity (Wildman–Crippen MR) is 129 cm³/mol. The van der Waals surface area contributed by atoms with Crippen molar-refractivity contribution in [2.45, 2.75) is 38.1 Å². The molecule has 2 fully saturated rings. The second kappa shape index (κ2) is 9.57. The van der Waals surface area contributed by atoms with Gasteiger partial charge in [0.05, 0.1) is 5.69 Å². The molecule has 2 amide bonds. The molecule has 6 nitrogen and oxygen atoms in total. The topological polar surface area (TPSA) is 61.9 Å². The summed E-state index contributed by atoms with van der Waals surface area (Å²) in [5, 5.41) is 3.38. The molecule has 1 N–H and O–H groups in total. The van der Waals surface area contributed by atoms with E-state index in [1.54, 1.807) is 30.3 Å². The Kier molecular flexibility index (Phi) is 6.38. The smallest absolute Gasteiger partial charge is 0.291 e. The van der Waals surface area contributed by atoms with Gasteiger partial charge in [0.25, 0.3) is 11.8 Å². The van der Waals surface area contributed by atoms with Crippen LogP contribution in [0.15, 0.2) is 48.2 Å². The van der Waals surface area contributed by atoms with Crippen molar-refractivity contribution < 1.29 is 14.3 Å². The molecule has 3 aliphatic heterocycles. The Morgan fingerprint density at radius 3 is 2.55 bits per heavy atom. The van der Waals surface area contributed by atoms with Crippen molar-refractivity contribution in [1.82, 2.24) is 9.80 Å². The number of anilines is 1. The first-order valence-electron chi connectivity index (χ1n) is 11.7. The highest BCUT2D eigenvalue weighted by Crippen LogP contribution is 2.33. The maximum Gasteiger partial charge on any atom is 0.291 e. The first kappa shape index (κ1) is 22.0. The summed E-state index contributed by atoms with van der Waals surface area (Å²) in [4.78, 5) is 30.2. The Hall–Kier alpha value is -2.83. The van der Waals surface area contributed by atoms with E-state index in [9.17, 15) is 9.59 Å². The van der Waals surface area contributed by atoms with Crippen molar-refractivity contribution >= 4 is 35.2 Å². The highest BCUT2D eigenvalue weighted by atomic mass is 35.5. The molecule has 33 heavy (non-hydrogen) atoms. The molecule has 0 spiro atoms. The molecule has 0 atom stereocenters. The Morgan fingerprint density at radius 1 is 1.03 bits per heavy atom. The lowest BCUT2D eigenvalue weighted by Gasteiger charge is -2.40. The number of likely N-dealkylation sites (tertiary alicyclic amines) is 2. The highest BCUT2D eigenvalue weighted by Gasteiger charge is 2.29. The molecule has 5 rings (SSSR count). The van der Waals surface area contributed by atoms with Gasteiger partial charge in [-0.1, -0.05) is 36.2 Å². The number of nitrogens with zero attached hydrogens (tertiary/aromatic N) is 2. The summed E-state index contributed by atoms with van der Waals surface area (Å²) in [5.74, 6) is 0.304. The Labute approximate surface area is 199 Å². The number of benzene rings is 2. The first-order valence-corrected chi connectivity index (χ1v) is 12.1. The van der Waals surface area contributed by atoms with Gasteiger partial charge in [-0.15, -0.1) is 0 Å². The second-order valence-corrected chi connectivity index (χ2v) is 9.32. The van der Waals surface area contributed by atoms with Gasteiger partial charge in [0.2, 0.25) is 0 Å². The molecule has 2 saturated heterocycles. The fraction of sp³-hybridized carbons (Fsp3) is 0.385. The second-order valence-electron chi connectivity index (χ2n) is 8.92. The highest BCUT2D eigenvalue weighted by molar-refractivity contribution is 6.32. The minimum atomic E-state index is -0.366. The zero-order valence-electron chi connectivity index (χ0n) is 18.6. The van der Waals surface area contributed by atoms with Crippen LogP contribution in [0.2, 0.25) is 5.02 Å². The third-order valence-corrected chi connectivity index (χ3v) is 7.11. The average molecular weight is 466 g/mol. The lowest BCUT2D eigenvalue weighted by atomic mass is 9.99. The summed E-state index contributed by atoms with van der Waals surface area (Å²) in [6.07, 6.45) is 7.57. The van der Waals surface area contributed by atoms with Gasteiger partial charge in [0.15, 0.2) is 11.5 Å². The van der Waals surface area contributed by atoms with Crippen LogP contribution < -0.4 is 10.1 Å². The van der Waals surface area contributed by atoms with Crippen LogP contribution >= 0.6 is 11.6 Å². The van der Waals surface area contributed by atoms with E-state index in [-0.39, 0.29) is 17.6 Å². The number of carbonyl (C=O) groups is 2. The molecule has 7 heteroatoms. The van der Waals surface area contributed by atoms with E-state index < -0.39 is 0 Å². The molecular weight excluding hydrogens is 438 g/mol. The molecule has 0 aliphatic carbocycles. The molecule has 3 aliphatic rings. The van der Waals surface area contributed by atoms with Crippen molar-refractivity contribution in [2.24, 2.45) is 0 Å². The fourth-order valence-electron chi connectivity index (χ4n) is 4.93. The number of amides is 2. The summed E-state index contributed by atoms with van der Waals surface area (Å²) in [5.41, 5.74) is 1.77. The zero-order valence-corrected chi connectivity index (χ0v) is 19.3. The monoisotopic (exact) mass is 465 g/mol. The summed E-state index contributed by atoms with van der Waals surface area (Å²) in [6, 6.07) is 13.1. The van der Waals surface area contributed by atoms with E-state index >= 15 is 0 Å². The number of hydrogen-bond donors (Lipinski definition) is 1. The molecule has 3 heterocycles. The molecule has 0 bridgehead atoms. The predicted octanol–water partition coefficient (Wildman–Crippen LogP) is 4.80. The van der Waals surface area contributed by atoms with Crippen LogP contribution in [0, 0.1) is 0 Å². The Balaban J connectivity index is 1.26. The van der Waals surface area contributed by atoms with Crippen molar-refractivity contribution in [3.8, 4) is 5.75 Å². The minimum Gasteiger partial charge on any atom is -0.449 e. The lowest BCUT2D eigenvalue weighted by molar-refractivity contribution is -0.115. The quantitative estimate of drug-likeness (QED) is 0.661. The summed E-state index contributed by atoms with van der Waals surface area (Å²) in [7, 11) is 0. The number of carbonyl (C=O) groups excluding carboxylic acids is 2. The van der Waals surface area contributed by atoms with Crippen LogP contribution in [0.25, 0.3) is 6.08 Å². The summed E-state index contributed by atoms with van der Waals surface area (Å²) < 4.78 is 5.82. The van der Waals surface area contributed by atoms with E-state index in [1.165, 1.54) is 32.4 Å². The maximum absolute atomic E-state index is 13.1. The summed E-state index contributed by atoms with van der Waals surface area (Å²) >= 11 is 6.20. The van der Waals surface area contributed by atoms with Gasteiger partial charge in [-0.25, -0.2) is 0 Å². The normalized spacial score (nSPS) is 20.8. The molecule has 0 saturated carbocycles. The maximum atomic E-state index is 13.1. The molecule has 0 radical (unpaired) electrons. The van der Waals surface area contributed by atoms with Crippen LogP contribution in [-0.4, -0.2) is 53.8 Å². The zero-order chi connectivity index (χ0) is 22.8. The van der Waals surface area contributed by atoms with Crippen molar-refractivity contribution in [3.05, 3.63) is 64.4 Å². The standard InChI is InChI=1S/C26H28ClN3O3/c27-21-7-3-2-6-18(21)17-24-25(31)28-22-16-19(8-9-23(22)33-24)26(32)30-14-10-20(11-15-30)29-12-4-1-5-13-29/h2-3,6-9,16-17,20H,1,4-5,10-15H2,(H,28,31)/b24-17+. The molecular formula is C26H28ClN3O3. The van der Waals surface area contributed by atoms with Crippen LogP contribution in [0.5, 0.6) is 5.75 Å². The van der Waals surface area contributed by atoms with Gasteiger partial charge < -0.3 is 19.9 Å². The van der Waals surface area contributed by atoms with E-state index in [0.717, 1.165) is 25.9 Å². The Bertz CT molecular complexity index is 1090. The van der Waals surface area contributed by atoms with Gasteiger partial charge in [0.1, 0.15) is 0 Å². The first-order chi connectivity index (χ1) is 16.1. The molecule has 172 valence electrons. The van der Waals surface area contributed by atoms with Gasteiger partial charge in [0, 0.05) is 29.7 Å². The van der Waals surface area contributed by atoms with E-state index in [2.05, 4.69) is 10.2 Å². The van der Waals surface area contributed by atoms with E-state index in [1.807, 2.05) is 23.1 Å². The fourth-order valence-corrected chi connectivity index (χ4v) is 5.12. The van der Waals surface area contributed by atoms with Gasteiger partial charge >= 0.3 is 0 Å². The average Bonchev–Trinajstić information content (AvgIpc) is 2.86. The van der Waals surface area contributed by atoms with Crippen molar-refractivity contribution in [3.63, 3.8) is 0 Å². The lowest BCUT2D eigenvalue weighted by Crippen LogP contribution is -2.48. The number of fused-ring (bicyclic) bond motifs is 1. The molecule has 2 aromatic rings. The van der Waals surface area contributed by atoms with Crippen LogP contribution in [-0.2, 0) is 4.79 Å². The number of ether oxygens (including phenoxy) is 1. The van der Waals surface area contributed by atoms with Crippen molar-refractivity contribution in [1.29, 1.82) is 0 Å².